The number of nitrogens with zero attached hydrogens (tertiary/aromatic N) is 1. The first-order valence-electron chi connectivity index (χ1n) is 17.8. The minimum Gasteiger partial charge on any atom is -0.310 e. The number of para-hydroxylation sites is 2. The Hall–Kier alpha value is -6.77. The Morgan fingerprint density at radius 1 is 0.346 bits per heavy atom. The molecular weight excluding hydrogens is 631 g/mol. The Kier molecular flexibility index (Phi) is 6.90. The van der Waals surface area contributed by atoms with Crippen LogP contribution >= 0.6 is 0 Å². The van der Waals surface area contributed by atoms with Crippen molar-refractivity contribution in [2.75, 3.05) is 4.90 Å². The zero-order valence-electron chi connectivity index (χ0n) is 28.4. The molecule has 1 heterocycles. The van der Waals surface area contributed by atoms with Crippen LogP contribution in [0.15, 0.2) is 200 Å². The highest BCUT2D eigenvalue weighted by atomic mass is 16.1. The molecule has 2 aliphatic rings. The van der Waals surface area contributed by atoms with E-state index < -0.39 is 5.41 Å². The molecule has 8 aromatic carbocycles. The van der Waals surface area contributed by atoms with E-state index in [-0.39, 0.29) is 5.78 Å². The van der Waals surface area contributed by atoms with E-state index >= 15 is 0 Å². The van der Waals surface area contributed by atoms with Crippen molar-refractivity contribution in [2.45, 2.75) is 5.41 Å². The molecule has 0 bridgehead atoms. The minimum atomic E-state index is -0.576. The van der Waals surface area contributed by atoms with Crippen LogP contribution in [0.25, 0.3) is 33.4 Å². The van der Waals surface area contributed by atoms with Crippen LogP contribution in [0.2, 0.25) is 0 Å². The standard InChI is InChI=1S/C50H33NO/c52-49-42-24-11-10-23-41(42)44-32-36(27-29-43(44)49)34-15-14-16-35(31-34)37-28-30-48-46(33-37)50(38-17-4-1-5-18-38,39-19-6-2-7-20-39)45-25-12-13-26-47(45)51(48)40-21-8-3-9-22-40/h1-33H. The summed E-state index contributed by atoms with van der Waals surface area (Å²) in [7, 11) is 0. The van der Waals surface area contributed by atoms with E-state index in [1.165, 1.54) is 27.9 Å². The summed E-state index contributed by atoms with van der Waals surface area (Å²) in [5.74, 6) is 0.103. The molecular formula is C50H33NO. The Balaban J connectivity index is 1.20. The number of benzene rings is 8. The van der Waals surface area contributed by atoms with Crippen molar-refractivity contribution in [1.29, 1.82) is 0 Å². The Bertz CT molecular complexity index is 2600. The Morgan fingerprint density at radius 3 is 1.58 bits per heavy atom. The van der Waals surface area contributed by atoms with Crippen LogP contribution in [0.5, 0.6) is 0 Å². The monoisotopic (exact) mass is 663 g/mol. The molecule has 2 heteroatoms. The summed E-state index contributed by atoms with van der Waals surface area (Å²) in [5, 5.41) is 0. The number of anilines is 3. The lowest BCUT2D eigenvalue weighted by Gasteiger charge is -2.46. The minimum absolute atomic E-state index is 0.103. The van der Waals surface area contributed by atoms with Crippen molar-refractivity contribution < 1.29 is 4.79 Å². The normalized spacial score (nSPS) is 13.5. The summed E-state index contributed by atoms with van der Waals surface area (Å²) in [6.07, 6.45) is 0. The predicted molar refractivity (Wildman–Crippen MR) is 213 cm³/mol. The van der Waals surface area contributed by atoms with Gasteiger partial charge in [0.05, 0.1) is 16.8 Å². The summed E-state index contributed by atoms with van der Waals surface area (Å²) in [4.78, 5) is 15.6. The van der Waals surface area contributed by atoms with E-state index in [2.05, 4.69) is 181 Å². The van der Waals surface area contributed by atoms with Crippen molar-refractivity contribution in [1.82, 2.24) is 0 Å². The molecule has 0 saturated carbocycles. The van der Waals surface area contributed by atoms with Crippen LogP contribution < -0.4 is 4.90 Å². The second kappa shape index (κ2) is 11.9. The molecule has 52 heavy (non-hydrogen) atoms. The highest BCUT2D eigenvalue weighted by Crippen LogP contribution is 2.58. The average Bonchev–Trinajstić information content (AvgIpc) is 3.51. The van der Waals surface area contributed by atoms with Crippen LogP contribution in [0.3, 0.4) is 0 Å². The predicted octanol–water partition coefficient (Wildman–Crippen LogP) is 12.4. The van der Waals surface area contributed by atoms with E-state index in [1.807, 2.05) is 24.3 Å². The molecule has 0 unspecified atom stereocenters. The van der Waals surface area contributed by atoms with Gasteiger partial charge < -0.3 is 4.90 Å². The number of hydrogen-bond donors (Lipinski definition) is 0. The second-order valence-electron chi connectivity index (χ2n) is 13.6. The summed E-state index contributed by atoms with van der Waals surface area (Å²) < 4.78 is 0. The molecule has 0 fully saturated rings. The van der Waals surface area contributed by atoms with Gasteiger partial charge in [0.15, 0.2) is 5.78 Å². The second-order valence-corrected chi connectivity index (χ2v) is 13.6. The molecule has 0 aromatic heterocycles. The summed E-state index contributed by atoms with van der Waals surface area (Å²) >= 11 is 0. The molecule has 0 radical (unpaired) electrons. The smallest absolute Gasteiger partial charge is 0.194 e. The lowest BCUT2D eigenvalue weighted by Crippen LogP contribution is -2.37. The molecule has 0 amide bonds. The summed E-state index contributed by atoms with van der Waals surface area (Å²) in [6, 6.07) is 71.4. The first kappa shape index (κ1) is 30.1. The van der Waals surface area contributed by atoms with Gasteiger partial charge >= 0.3 is 0 Å². The van der Waals surface area contributed by atoms with Crippen molar-refractivity contribution in [2.24, 2.45) is 0 Å². The third kappa shape index (κ3) is 4.48. The lowest BCUT2D eigenvalue weighted by molar-refractivity contribution is 0.104. The average molecular weight is 664 g/mol. The summed E-state index contributed by atoms with van der Waals surface area (Å²) in [5.41, 5.74) is 15.8. The van der Waals surface area contributed by atoms with E-state index in [9.17, 15) is 4.79 Å². The van der Waals surface area contributed by atoms with Gasteiger partial charge in [-0.05, 0) is 104 Å². The first-order valence-corrected chi connectivity index (χ1v) is 17.8. The Morgan fingerprint density at radius 2 is 0.865 bits per heavy atom. The topological polar surface area (TPSA) is 20.3 Å². The van der Waals surface area contributed by atoms with Gasteiger partial charge in [-0.1, -0.05) is 152 Å². The van der Waals surface area contributed by atoms with Crippen molar-refractivity contribution >= 4 is 22.8 Å². The maximum atomic E-state index is 13.1. The number of hydrogen-bond acceptors (Lipinski definition) is 2. The molecule has 0 spiro atoms. The third-order valence-electron chi connectivity index (χ3n) is 10.9. The van der Waals surface area contributed by atoms with Crippen LogP contribution in [0.4, 0.5) is 17.1 Å². The zero-order valence-corrected chi connectivity index (χ0v) is 28.4. The maximum absolute atomic E-state index is 13.1. The van der Waals surface area contributed by atoms with Gasteiger partial charge in [-0.2, -0.15) is 0 Å². The Labute approximate surface area is 303 Å². The fourth-order valence-corrected chi connectivity index (χ4v) is 8.58. The molecule has 244 valence electrons. The molecule has 1 aliphatic heterocycles. The van der Waals surface area contributed by atoms with Gasteiger partial charge in [-0.15, -0.1) is 0 Å². The van der Waals surface area contributed by atoms with Crippen molar-refractivity contribution in [3.05, 3.63) is 234 Å². The number of fused-ring (bicyclic) bond motifs is 5. The fraction of sp³-hybridized carbons (Fsp3) is 0.0200. The number of carbonyl (C=O) groups is 1. The molecule has 0 saturated heterocycles. The summed E-state index contributed by atoms with van der Waals surface area (Å²) in [6.45, 7) is 0. The molecule has 8 aromatic rings. The first-order chi connectivity index (χ1) is 25.7. The molecule has 0 N–H and O–H groups in total. The van der Waals surface area contributed by atoms with Crippen molar-refractivity contribution in [3.63, 3.8) is 0 Å². The quantitative estimate of drug-likeness (QED) is 0.183. The number of carbonyl (C=O) groups excluding carboxylic acids is 1. The van der Waals surface area contributed by atoms with Gasteiger partial charge in [0.2, 0.25) is 0 Å². The molecule has 2 nitrogen and oxygen atoms in total. The lowest BCUT2D eigenvalue weighted by atomic mass is 9.62. The van der Waals surface area contributed by atoms with Crippen LogP contribution in [-0.4, -0.2) is 5.78 Å². The number of rotatable bonds is 5. The zero-order chi connectivity index (χ0) is 34.6. The fourth-order valence-electron chi connectivity index (χ4n) is 8.58. The third-order valence-corrected chi connectivity index (χ3v) is 10.9. The van der Waals surface area contributed by atoms with E-state index in [0.717, 1.165) is 55.9 Å². The van der Waals surface area contributed by atoms with Crippen molar-refractivity contribution in [3.8, 4) is 33.4 Å². The van der Waals surface area contributed by atoms with Gasteiger partial charge in [0.1, 0.15) is 0 Å². The largest absolute Gasteiger partial charge is 0.310 e. The van der Waals surface area contributed by atoms with Gasteiger partial charge in [-0.3, -0.25) is 4.79 Å². The highest BCUT2D eigenvalue weighted by molar-refractivity contribution is 6.22. The molecule has 0 atom stereocenters. The van der Waals surface area contributed by atoms with E-state index in [1.54, 1.807) is 0 Å². The van der Waals surface area contributed by atoms with Crippen LogP contribution in [-0.2, 0) is 5.41 Å². The van der Waals surface area contributed by atoms with Gasteiger partial charge in [-0.25, -0.2) is 0 Å². The van der Waals surface area contributed by atoms with Gasteiger partial charge in [0, 0.05) is 16.8 Å². The van der Waals surface area contributed by atoms with E-state index in [0.29, 0.717) is 0 Å². The van der Waals surface area contributed by atoms with Gasteiger partial charge in [0.25, 0.3) is 0 Å². The molecule has 10 rings (SSSR count). The van der Waals surface area contributed by atoms with Crippen LogP contribution in [0.1, 0.15) is 38.2 Å². The molecule has 1 aliphatic carbocycles. The number of ketones is 1. The maximum Gasteiger partial charge on any atom is 0.194 e. The SMILES string of the molecule is O=C1c2ccccc2-c2cc(-c3cccc(-c4ccc5c(c4)C(c4ccccc4)(c4ccccc4)c4ccccc4N5c4ccccc4)c3)ccc21. The van der Waals surface area contributed by atoms with E-state index in [4.69, 9.17) is 0 Å². The van der Waals surface area contributed by atoms with Crippen LogP contribution in [0, 0.1) is 0 Å². The highest BCUT2D eigenvalue weighted by Gasteiger charge is 2.46.